The fraction of sp³-hybridized carbons (Fsp3) is 0.312. The monoisotopic (exact) mass is 366 g/mol. The number of hydrogen-bond acceptors (Lipinski definition) is 5. The maximum atomic E-state index is 14.4. The zero-order valence-electron chi connectivity index (χ0n) is 14.2. The molecule has 1 aliphatic rings. The van der Waals surface area contributed by atoms with E-state index in [4.69, 9.17) is 0 Å². The van der Waals surface area contributed by atoms with Crippen LogP contribution in [0.2, 0.25) is 0 Å². The number of halogens is 3. The van der Waals surface area contributed by atoms with Crippen molar-refractivity contribution in [1.29, 1.82) is 0 Å². The number of urea groups is 1. The Kier molecular flexibility index (Phi) is 4.94. The molecule has 0 saturated heterocycles. The highest BCUT2D eigenvalue weighted by atomic mass is 19.1. The zero-order valence-corrected chi connectivity index (χ0v) is 14.2. The van der Waals surface area contributed by atoms with Gasteiger partial charge in [0, 0.05) is 13.1 Å². The van der Waals surface area contributed by atoms with Gasteiger partial charge in [0.25, 0.3) is 0 Å². The number of nitrogens with one attached hydrogen (secondary N) is 2. The van der Waals surface area contributed by atoms with Crippen molar-refractivity contribution in [3.8, 4) is 0 Å². The number of rotatable bonds is 5. The summed E-state index contributed by atoms with van der Waals surface area (Å²) in [6.45, 7) is 0.879. The van der Waals surface area contributed by atoms with Gasteiger partial charge >= 0.3 is 6.03 Å². The Balaban J connectivity index is 2.04. The van der Waals surface area contributed by atoms with Gasteiger partial charge in [-0.2, -0.15) is 14.4 Å². The number of anilines is 3. The molecule has 0 unspecified atom stereocenters. The van der Waals surface area contributed by atoms with Crippen LogP contribution in [0.25, 0.3) is 0 Å². The van der Waals surface area contributed by atoms with Crippen molar-refractivity contribution in [2.24, 2.45) is 0 Å². The number of carbonyl (C=O) groups excluding carboxylic acids is 1. The van der Waals surface area contributed by atoms with Crippen molar-refractivity contribution in [2.45, 2.75) is 6.54 Å². The SMILES string of the molecule is CN(C)CCNc1nc(F)c2c(n1)N(c1c(F)cccc1F)C(=O)NC2. The minimum absolute atomic E-state index is 0.0505. The molecule has 3 rings (SSSR count). The molecule has 0 aliphatic carbocycles. The molecule has 26 heavy (non-hydrogen) atoms. The summed E-state index contributed by atoms with van der Waals surface area (Å²) >= 11 is 0. The van der Waals surface area contributed by atoms with Gasteiger partial charge in [0.1, 0.15) is 17.3 Å². The average Bonchev–Trinajstić information content (AvgIpc) is 2.56. The molecule has 0 bridgehead atoms. The van der Waals surface area contributed by atoms with E-state index in [1.54, 1.807) is 0 Å². The second-order valence-corrected chi connectivity index (χ2v) is 5.93. The predicted molar refractivity (Wildman–Crippen MR) is 89.8 cm³/mol. The first-order valence-corrected chi connectivity index (χ1v) is 7.85. The average molecular weight is 366 g/mol. The number of para-hydroxylation sites is 1. The molecule has 1 aromatic carbocycles. The number of hydrogen-bond donors (Lipinski definition) is 2. The molecule has 1 aromatic heterocycles. The summed E-state index contributed by atoms with van der Waals surface area (Å²) in [7, 11) is 3.73. The molecular formula is C16H17F3N6O. The Bertz CT molecular complexity index is 825. The Morgan fingerprint density at radius 1 is 1.23 bits per heavy atom. The van der Waals surface area contributed by atoms with Gasteiger partial charge in [-0.25, -0.2) is 18.5 Å². The summed E-state index contributed by atoms with van der Waals surface area (Å²) in [6, 6.07) is 2.38. The molecule has 0 spiro atoms. The van der Waals surface area contributed by atoms with E-state index in [0.717, 1.165) is 12.1 Å². The van der Waals surface area contributed by atoms with E-state index in [2.05, 4.69) is 20.6 Å². The first kappa shape index (κ1) is 17.9. The second-order valence-electron chi connectivity index (χ2n) is 5.93. The molecule has 2 amide bonds. The lowest BCUT2D eigenvalue weighted by Crippen LogP contribution is -2.43. The van der Waals surface area contributed by atoms with E-state index in [1.807, 2.05) is 19.0 Å². The summed E-state index contributed by atoms with van der Waals surface area (Å²) in [5.74, 6) is -3.07. The maximum absolute atomic E-state index is 14.4. The van der Waals surface area contributed by atoms with Crippen LogP contribution in [0.3, 0.4) is 0 Å². The molecule has 1 aliphatic heterocycles. The molecule has 7 nitrogen and oxygen atoms in total. The number of carbonyl (C=O) groups is 1. The van der Waals surface area contributed by atoms with E-state index in [-0.39, 0.29) is 23.9 Å². The number of likely N-dealkylation sites (N-methyl/N-ethyl adjacent to an activating group) is 1. The molecule has 10 heteroatoms. The largest absolute Gasteiger partial charge is 0.353 e. The summed E-state index contributed by atoms with van der Waals surface area (Å²) in [5, 5.41) is 5.20. The van der Waals surface area contributed by atoms with Gasteiger partial charge in [-0.05, 0) is 26.2 Å². The van der Waals surface area contributed by atoms with Gasteiger partial charge in [-0.15, -0.1) is 0 Å². The molecule has 2 N–H and O–H groups in total. The number of aromatic nitrogens is 2. The Labute approximate surface area is 147 Å². The van der Waals surface area contributed by atoms with Crippen LogP contribution in [0.15, 0.2) is 18.2 Å². The van der Waals surface area contributed by atoms with Gasteiger partial charge in [0.15, 0.2) is 5.82 Å². The van der Waals surface area contributed by atoms with Crippen molar-refractivity contribution in [2.75, 3.05) is 37.4 Å². The Morgan fingerprint density at radius 2 is 1.92 bits per heavy atom. The lowest BCUT2D eigenvalue weighted by Gasteiger charge is -2.29. The summed E-state index contributed by atoms with van der Waals surface area (Å²) in [6.07, 6.45) is 0. The van der Waals surface area contributed by atoms with Gasteiger partial charge in [-0.3, -0.25) is 0 Å². The Morgan fingerprint density at radius 3 is 2.58 bits per heavy atom. The van der Waals surface area contributed by atoms with Crippen molar-refractivity contribution < 1.29 is 18.0 Å². The highest BCUT2D eigenvalue weighted by Crippen LogP contribution is 2.34. The summed E-state index contributed by atoms with van der Waals surface area (Å²) in [4.78, 5) is 22.7. The van der Waals surface area contributed by atoms with Crippen molar-refractivity contribution in [3.63, 3.8) is 0 Å². The number of nitrogens with zero attached hydrogens (tertiary/aromatic N) is 4. The molecular weight excluding hydrogens is 349 g/mol. The van der Waals surface area contributed by atoms with Crippen LogP contribution in [-0.2, 0) is 6.54 Å². The van der Waals surface area contributed by atoms with Crippen LogP contribution in [0.1, 0.15) is 5.56 Å². The number of amides is 2. The minimum Gasteiger partial charge on any atom is -0.353 e. The van der Waals surface area contributed by atoms with Crippen LogP contribution in [-0.4, -0.2) is 48.1 Å². The van der Waals surface area contributed by atoms with Crippen LogP contribution < -0.4 is 15.5 Å². The van der Waals surface area contributed by atoms with E-state index in [9.17, 15) is 18.0 Å². The Hall–Kier alpha value is -2.88. The number of fused-ring (bicyclic) bond motifs is 1. The topological polar surface area (TPSA) is 73.4 Å². The second kappa shape index (κ2) is 7.16. The fourth-order valence-corrected chi connectivity index (χ4v) is 2.50. The summed E-state index contributed by atoms with van der Waals surface area (Å²) < 4.78 is 42.7. The van der Waals surface area contributed by atoms with Crippen molar-refractivity contribution in [1.82, 2.24) is 20.2 Å². The third-order valence-electron chi connectivity index (χ3n) is 3.77. The smallest absolute Gasteiger partial charge is 0.328 e. The minimum atomic E-state index is -0.964. The molecule has 0 radical (unpaired) electrons. The lowest BCUT2D eigenvalue weighted by molar-refractivity contribution is 0.246. The predicted octanol–water partition coefficient (Wildman–Crippen LogP) is 2.23. The van der Waals surface area contributed by atoms with Crippen molar-refractivity contribution in [3.05, 3.63) is 41.3 Å². The molecule has 0 fully saturated rings. The highest BCUT2D eigenvalue weighted by Gasteiger charge is 2.33. The standard InChI is InChI=1S/C16H17F3N6O/c1-24(2)7-6-20-15-22-13(19)9-8-21-16(26)25(14(9)23-15)12-10(17)4-3-5-11(12)18/h3-5H,6-8H2,1-2H3,(H,21,26)(H,20,22,23). The molecule has 0 atom stereocenters. The number of benzene rings is 1. The van der Waals surface area contributed by atoms with Crippen LogP contribution >= 0.6 is 0 Å². The third kappa shape index (κ3) is 3.40. The van der Waals surface area contributed by atoms with E-state index >= 15 is 0 Å². The van der Waals surface area contributed by atoms with E-state index < -0.39 is 29.3 Å². The molecule has 138 valence electrons. The van der Waals surface area contributed by atoms with E-state index in [1.165, 1.54) is 6.07 Å². The van der Waals surface area contributed by atoms with Gasteiger partial charge in [0.05, 0.1) is 12.1 Å². The highest BCUT2D eigenvalue weighted by molar-refractivity contribution is 6.01. The van der Waals surface area contributed by atoms with E-state index in [0.29, 0.717) is 18.0 Å². The first-order valence-electron chi connectivity index (χ1n) is 7.85. The van der Waals surface area contributed by atoms with Gasteiger partial charge < -0.3 is 15.5 Å². The maximum Gasteiger partial charge on any atom is 0.328 e. The molecule has 0 saturated carbocycles. The zero-order chi connectivity index (χ0) is 18.8. The van der Waals surface area contributed by atoms with Gasteiger partial charge in [0.2, 0.25) is 11.9 Å². The molecule has 2 aromatic rings. The molecule has 2 heterocycles. The lowest BCUT2D eigenvalue weighted by atomic mass is 10.2. The van der Waals surface area contributed by atoms with Crippen LogP contribution in [0, 0.1) is 17.6 Å². The van der Waals surface area contributed by atoms with Gasteiger partial charge in [-0.1, -0.05) is 6.07 Å². The fourth-order valence-electron chi connectivity index (χ4n) is 2.50. The van der Waals surface area contributed by atoms with Crippen molar-refractivity contribution >= 4 is 23.5 Å². The van der Waals surface area contributed by atoms with Crippen LogP contribution in [0.4, 0.5) is 35.4 Å². The van der Waals surface area contributed by atoms with Crippen LogP contribution in [0.5, 0.6) is 0 Å². The normalized spacial score (nSPS) is 13.6. The quantitative estimate of drug-likeness (QED) is 0.794. The third-order valence-corrected chi connectivity index (χ3v) is 3.77. The summed E-state index contributed by atoms with van der Waals surface area (Å²) in [5.41, 5.74) is -0.672. The first-order chi connectivity index (χ1) is 12.4.